The van der Waals surface area contributed by atoms with Crippen LogP contribution in [0.25, 0.3) is 0 Å². The summed E-state index contributed by atoms with van der Waals surface area (Å²) < 4.78 is 1.47. The maximum Gasteiger partial charge on any atom is 0.309 e. The molecule has 0 radical (unpaired) electrons. The summed E-state index contributed by atoms with van der Waals surface area (Å²) in [5.41, 5.74) is 0.386. The molecule has 0 saturated carbocycles. The molecule has 2 heterocycles. The van der Waals surface area contributed by atoms with Gasteiger partial charge in [-0.1, -0.05) is 0 Å². The number of nitro groups is 1. The van der Waals surface area contributed by atoms with Crippen molar-refractivity contribution in [2.45, 2.75) is 32.7 Å². The van der Waals surface area contributed by atoms with Crippen LogP contribution in [0.3, 0.4) is 0 Å². The minimum atomic E-state index is -0.457. The second kappa shape index (κ2) is 5.16. The van der Waals surface area contributed by atoms with Crippen LogP contribution in [0.2, 0.25) is 0 Å². The lowest BCUT2D eigenvalue weighted by Gasteiger charge is -2.14. The predicted molar refractivity (Wildman–Crippen MR) is 64.0 cm³/mol. The van der Waals surface area contributed by atoms with Crippen molar-refractivity contribution in [3.63, 3.8) is 0 Å². The fourth-order valence-corrected chi connectivity index (χ4v) is 2.14. The van der Waals surface area contributed by atoms with Gasteiger partial charge in [-0.2, -0.15) is 5.10 Å². The number of likely N-dealkylation sites (tertiary alicyclic amines) is 1. The molecule has 0 N–H and O–H groups in total. The van der Waals surface area contributed by atoms with Gasteiger partial charge in [0.05, 0.1) is 4.92 Å². The van der Waals surface area contributed by atoms with E-state index in [0.29, 0.717) is 18.7 Å². The van der Waals surface area contributed by atoms with Crippen molar-refractivity contribution in [2.75, 3.05) is 13.1 Å². The average molecular weight is 252 g/mol. The first-order valence-corrected chi connectivity index (χ1v) is 6.04. The summed E-state index contributed by atoms with van der Waals surface area (Å²) in [6, 6.07) is 0. The summed E-state index contributed by atoms with van der Waals surface area (Å²) in [6.07, 6.45) is 3.86. The maximum absolute atomic E-state index is 11.8. The second-order valence-corrected chi connectivity index (χ2v) is 4.46. The first-order chi connectivity index (χ1) is 8.58. The third-order valence-electron chi connectivity index (χ3n) is 3.13. The van der Waals surface area contributed by atoms with Crippen LogP contribution >= 0.6 is 0 Å². The van der Waals surface area contributed by atoms with Gasteiger partial charge in [-0.05, 0) is 19.8 Å². The van der Waals surface area contributed by atoms with E-state index in [9.17, 15) is 14.9 Å². The smallest absolute Gasteiger partial charge is 0.309 e. The van der Waals surface area contributed by atoms with E-state index in [4.69, 9.17) is 0 Å². The van der Waals surface area contributed by atoms with E-state index >= 15 is 0 Å². The molecule has 1 aliphatic rings. The minimum Gasteiger partial charge on any atom is -0.343 e. The number of aryl methyl sites for hydroxylation is 2. The normalized spacial score (nSPS) is 15.1. The molecule has 1 aliphatic heterocycles. The fourth-order valence-electron chi connectivity index (χ4n) is 2.14. The Bertz CT molecular complexity index is 463. The highest BCUT2D eigenvalue weighted by Crippen LogP contribution is 2.15. The average Bonchev–Trinajstić information content (AvgIpc) is 2.94. The predicted octanol–water partition coefficient (Wildman–Crippen LogP) is 1.11. The molecule has 0 spiro atoms. The van der Waals surface area contributed by atoms with Crippen molar-refractivity contribution in [3.8, 4) is 0 Å². The fraction of sp³-hybridized carbons (Fsp3) is 0.636. The van der Waals surface area contributed by atoms with E-state index in [0.717, 1.165) is 25.9 Å². The quantitative estimate of drug-likeness (QED) is 0.593. The van der Waals surface area contributed by atoms with Gasteiger partial charge in [-0.25, -0.2) is 0 Å². The zero-order valence-corrected chi connectivity index (χ0v) is 10.3. The van der Waals surface area contributed by atoms with Gasteiger partial charge in [0.15, 0.2) is 0 Å². The molecule has 7 heteroatoms. The first-order valence-electron chi connectivity index (χ1n) is 6.04. The molecule has 0 aliphatic carbocycles. The number of carbonyl (C=O) groups excluding carboxylic acids is 1. The zero-order chi connectivity index (χ0) is 13.1. The van der Waals surface area contributed by atoms with E-state index in [2.05, 4.69) is 5.10 Å². The van der Waals surface area contributed by atoms with Crippen LogP contribution in [-0.2, 0) is 11.3 Å². The Morgan fingerprint density at radius 3 is 2.72 bits per heavy atom. The van der Waals surface area contributed by atoms with E-state index in [1.54, 1.807) is 6.92 Å². The monoisotopic (exact) mass is 252 g/mol. The highest BCUT2D eigenvalue weighted by Gasteiger charge is 2.19. The van der Waals surface area contributed by atoms with Gasteiger partial charge >= 0.3 is 5.69 Å². The van der Waals surface area contributed by atoms with Crippen LogP contribution in [0.5, 0.6) is 0 Å². The van der Waals surface area contributed by atoms with E-state index in [-0.39, 0.29) is 11.6 Å². The number of aromatic nitrogens is 2. The second-order valence-electron chi connectivity index (χ2n) is 4.46. The SMILES string of the molecule is Cc1nn(CCC(=O)N2CCCC2)cc1[N+](=O)[O-]. The van der Waals surface area contributed by atoms with Gasteiger partial charge in [-0.15, -0.1) is 0 Å². The summed E-state index contributed by atoms with van der Waals surface area (Å²) in [5, 5.41) is 14.7. The van der Waals surface area contributed by atoms with Gasteiger partial charge in [0.1, 0.15) is 11.9 Å². The van der Waals surface area contributed by atoms with Gasteiger partial charge in [0.2, 0.25) is 5.91 Å². The number of amides is 1. The van der Waals surface area contributed by atoms with Crippen LogP contribution in [0, 0.1) is 17.0 Å². The third kappa shape index (κ3) is 2.66. The molecule has 0 unspecified atom stereocenters. The molecule has 0 aromatic carbocycles. The Morgan fingerprint density at radius 2 is 2.17 bits per heavy atom. The van der Waals surface area contributed by atoms with Crippen LogP contribution in [0.15, 0.2) is 6.20 Å². The minimum absolute atomic E-state index is 0.00335. The molecule has 98 valence electrons. The van der Waals surface area contributed by atoms with Crippen molar-refractivity contribution in [3.05, 3.63) is 22.0 Å². The van der Waals surface area contributed by atoms with Crippen LogP contribution < -0.4 is 0 Å². The van der Waals surface area contributed by atoms with Gasteiger partial charge < -0.3 is 4.90 Å². The summed E-state index contributed by atoms with van der Waals surface area (Å²) in [4.78, 5) is 23.8. The van der Waals surface area contributed by atoms with Gasteiger partial charge in [-0.3, -0.25) is 19.6 Å². The Morgan fingerprint density at radius 1 is 1.50 bits per heavy atom. The molecule has 7 nitrogen and oxygen atoms in total. The van der Waals surface area contributed by atoms with Crippen LogP contribution in [0.4, 0.5) is 5.69 Å². The Balaban J connectivity index is 1.91. The van der Waals surface area contributed by atoms with E-state index < -0.39 is 4.92 Å². The molecular formula is C11H16N4O3. The first kappa shape index (κ1) is 12.5. The molecular weight excluding hydrogens is 236 g/mol. The summed E-state index contributed by atoms with van der Waals surface area (Å²) >= 11 is 0. The van der Waals surface area contributed by atoms with Crippen molar-refractivity contribution in [1.82, 2.24) is 14.7 Å². The van der Waals surface area contributed by atoms with Gasteiger partial charge in [0, 0.05) is 26.1 Å². The molecule has 2 rings (SSSR count). The highest BCUT2D eigenvalue weighted by molar-refractivity contribution is 5.76. The molecule has 0 atom stereocenters. The molecule has 0 bridgehead atoms. The van der Waals surface area contributed by atoms with Crippen LogP contribution in [0.1, 0.15) is 25.0 Å². The largest absolute Gasteiger partial charge is 0.343 e. The number of nitrogens with zero attached hydrogens (tertiary/aromatic N) is 4. The van der Waals surface area contributed by atoms with Crippen molar-refractivity contribution in [2.24, 2.45) is 0 Å². The van der Waals surface area contributed by atoms with Crippen molar-refractivity contribution < 1.29 is 9.72 Å². The number of hydrogen-bond acceptors (Lipinski definition) is 4. The molecule has 1 saturated heterocycles. The van der Waals surface area contributed by atoms with Crippen molar-refractivity contribution >= 4 is 11.6 Å². The molecule has 18 heavy (non-hydrogen) atoms. The molecule has 1 fully saturated rings. The van der Waals surface area contributed by atoms with E-state index in [1.807, 2.05) is 4.90 Å². The van der Waals surface area contributed by atoms with Crippen LogP contribution in [-0.4, -0.2) is 38.6 Å². The Hall–Kier alpha value is -1.92. The molecule has 1 amide bonds. The van der Waals surface area contributed by atoms with E-state index in [1.165, 1.54) is 10.9 Å². The lowest BCUT2D eigenvalue weighted by Crippen LogP contribution is -2.28. The third-order valence-corrected chi connectivity index (χ3v) is 3.13. The number of carbonyl (C=O) groups is 1. The lowest BCUT2D eigenvalue weighted by atomic mass is 10.3. The summed E-state index contributed by atoms with van der Waals surface area (Å²) in [6.45, 7) is 3.65. The Kier molecular flexibility index (Phi) is 3.59. The lowest BCUT2D eigenvalue weighted by molar-refractivity contribution is -0.385. The topological polar surface area (TPSA) is 81.3 Å². The zero-order valence-electron chi connectivity index (χ0n) is 10.3. The summed E-state index contributed by atoms with van der Waals surface area (Å²) in [7, 11) is 0. The summed E-state index contributed by atoms with van der Waals surface area (Å²) in [5.74, 6) is 0.100. The van der Waals surface area contributed by atoms with Gasteiger partial charge in [0.25, 0.3) is 0 Å². The maximum atomic E-state index is 11.8. The van der Waals surface area contributed by atoms with Crippen molar-refractivity contribution in [1.29, 1.82) is 0 Å². The molecule has 1 aromatic heterocycles. The highest BCUT2D eigenvalue weighted by atomic mass is 16.6. The Labute approximate surface area is 105 Å². The molecule has 1 aromatic rings. The number of hydrogen-bond donors (Lipinski definition) is 0. The standard InChI is InChI=1S/C11H16N4O3/c1-9-10(15(17)18)8-14(12-9)7-4-11(16)13-5-2-3-6-13/h8H,2-7H2,1H3. The number of rotatable bonds is 4.